The van der Waals surface area contributed by atoms with Crippen molar-refractivity contribution in [2.75, 3.05) is 26.4 Å². The number of nitrogens with one attached hydrogen (secondary N) is 1. The van der Waals surface area contributed by atoms with E-state index in [0.29, 0.717) is 6.04 Å². The van der Waals surface area contributed by atoms with Gasteiger partial charge in [-0.2, -0.15) is 0 Å². The van der Waals surface area contributed by atoms with E-state index < -0.39 is 0 Å². The van der Waals surface area contributed by atoms with Gasteiger partial charge in [0.2, 0.25) is 0 Å². The fourth-order valence-corrected chi connectivity index (χ4v) is 3.50. The normalized spacial score (nSPS) is 24.8. The molecule has 0 saturated carbocycles. The lowest BCUT2D eigenvalue weighted by Gasteiger charge is -2.45. The highest BCUT2D eigenvalue weighted by Crippen LogP contribution is 2.35. The lowest BCUT2D eigenvalue weighted by molar-refractivity contribution is -0.120. The van der Waals surface area contributed by atoms with E-state index >= 15 is 0 Å². The van der Waals surface area contributed by atoms with Crippen LogP contribution in [0.15, 0.2) is 11.6 Å². The van der Waals surface area contributed by atoms with Crippen LogP contribution in [0.25, 0.3) is 0 Å². The Labute approximate surface area is 117 Å². The Morgan fingerprint density at radius 3 is 2.68 bits per heavy atom. The number of rotatable bonds is 6. The first-order valence-corrected chi connectivity index (χ1v) is 7.96. The van der Waals surface area contributed by atoms with E-state index in [1.165, 1.54) is 25.7 Å². The standard InChI is InChI=1S/C16H29NO2/c1-3-17-15(14-8-6-5-7-9-14)16(19-4-2)10-12-18-13-11-16/h8,15,17H,3-7,9-13H2,1-2H3. The van der Waals surface area contributed by atoms with Gasteiger partial charge in [-0.05, 0) is 39.2 Å². The highest BCUT2D eigenvalue weighted by atomic mass is 16.5. The molecule has 1 heterocycles. The lowest BCUT2D eigenvalue weighted by Crippen LogP contribution is -2.56. The molecule has 19 heavy (non-hydrogen) atoms. The van der Waals surface area contributed by atoms with Gasteiger partial charge in [0.1, 0.15) is 0 Å². The van der Waals surface area contributed by atoms with Gasteiger partial charge in [0.05, 0.1) is 11.6 Å². The van der Waals surface area contributed by atoms with Gasteiger partial charge in [0.25, 0.3) is 0 Å². The van der Waals surface area contributed by atoms with Crippen molar-refractivity contribution >= 4 is 0 Å². The molecule has 0 spiro atoms. The van der Waals surface area contributed by atoms with Crippen molar-refractivity contribution in [3.05, 3.63) is 11.6 Å². The predicted octanol–water partition coefficient (Wildman–Crippen LogP) is 3.05. The average Bonchev–Trinajstić information content (AvgIpc) is 2.47. The summed E-state index contributed by atoms with van der Waals surface area (Å²) in [7, 11) is 0. The maximum absolute atomic E-state index is 6.26. The van der Waals surface area contributed by atoms with Crippen LogP contribution in [-0.4, -0.2) is 38.0 Å². The Morgan fingerprint density at radius 1 is 1.32 bits per heavy atom. The molecule has 3 nitrogen and oxygen atoms in total. The molecule has 2 rings (SSSR count). The molecule has 110 valence electrons. The zero-order chi connectivity index (χ0) is 13.6. The Kier molecular flexibility index (Phi) is 5.86. The second-order valence-electron chi connectivity index (χ2n) is 5.63. The second-order valence-corrected chi connectivity index (χ2v) is 5.63. The highest BCUT2D eigenvalue weighted by molar-refractivity contribution is 5.20. The first kappa shape index (κ1) is 15.0. The molecule has 0 bridgehead atoms. The molecule has 1 aliphatic carbocycles. The summed E-state index contributed by atoms with van der Waals surface area (Å²) in [6, 6.07) is 0.377. The van der Waals surface area contributed by atoms with Crippen LogP contribution < -0.4 is 5.32 Å². The van der Waals surface area contributed by atoms with Gasteiger partial charge < -0.3 is 14.8 Å². The molecule has 0 aromatic rings. The van der Waals surface area contributed by atoms with E-state index in [4.69, 9.17) is 9.47 Å². The summed E-state index contributed by atoms with van der Waals surface area (Å²) in [6.07, 6.45) is 9.60. The Hall–Kier alpha value is -0.380. The van der Waals surface area contributed by atoms with Crippen LogP contribution >= 0.6 is 0 Å². The number of hydrogen-bond donors (Lipinski definition) is 1. The first-order valence-electron chi connectivity index (χ1n) is 7.96. The molecule has 2 aliphatic rings. The smallest absolute Gasteiger partial charge is 0.0916 e. The zero-order valence-corrected chi connectivity index (χ0v) is 12.5. The van der Waals surface area contributed by atoms with E-state index in [-0.39, 0.29) is 5.60 Å². The molecule has 1 N–H and O–H groups in total. The summed E-state index contributed by atoms with van der Waals surface area (Å²) >= 11 is 0. The van der Waals surface area contributed by atoms with E-state index in [1.54, 1.807) is 5.57 Å². The van der Waals surface area contributed by atoms with Crippen LogP contribution in [0.3, 0.4) is 0 Å². The minimum Gasteiger partial charge on any atom is -0.381 e. The summed E-state index contributed by atoms with van der Waals surface area (Å²) < 4.78 is 11.8. The molecule has 3 heteroatoms. The third-order valence-electron chi connectivity index (χ3n) is 4.40. The molecule has 0 radical (unpaired) electrons. The second kappa shape index (κ2) is 7.41. The summed E-state index contributed by atoms with van der Waals surface area (Å²) in [5.41, 5.74) is 1.52. The predicted molar refractivity (Wildman–Crippen MR) is 78.4 cm³/mol. The monoisotopic (exact) mass is 267 g/mol. The van der Waals surface area contributed by atoms with Crippen LogP contribution in [0.5, 0.6) is 0 Å². The van der Waals surface area contributed by atoms with Crippen molar-refractivity contribution in [2.45, 2.75) is 64.0 Å². The average molecular weight is 267 g/mol. The molecular weight excluding hydrogens is 238 g/mol. The van der Waals surface area contributed by atoms with Crippen molar-refractivity contribution in [1.29, 1.82) is 0 Å². The molecule has 0 amide bonds. The van der Waals surface area contributed by atoms with Gasteiger partial charge in [-0.25, -0.2) is 0 Å². The minimum atomic E-state index is -0.0494. The van der Waals surface area contributed by atoms with Gasteiger partial charge in [-0.3, -0.25) is 0 Å². The van der Waals surface area contributed by atoms with Crippen molar-refractivity contribution < 1.29 is 9.47 Å². The van der Waals surface area contributed by atoms with Crippen molar-refractivity contribution in [3.63, 3.8) is 0 Å². The van der Waals surface area contributed by atoms with Crippen molar-refractivity contribution in [3.8, 4) is 0 Å². The Balaban J connectivity index is 2.19. The topological polar surface area (TPSA) is 30.5 Å². The van der Waals surface area contributed by atoms with Crippen LogP contribution in [0, 0.1) is 0 Å². The number of likely N-dealkylation sites (N-methyl/N-ethyl adjacent to an activating group) is 1. The summed E-state index contributed by atoms with van der Waals surface area (Å²) in [6.45, 7) is 7.74. The summed E-state index contributed by atoms with van der Waals surface area (Å²) in [4.78, 5) is 0. The highest BCUT2D eigenvalue weighted by Gasteiger charge is 2.42. The minimum absolute atomic E-state index is 0.0494. The van der Waals surface area contributed by atoms with Gasteiger partial charge in [0, 0.05) is 32.7 Å². The van der Waals surface area contributed by atoms with Crippen LogP contribution in [0.1, 0.15) is 52.4 Å². The molecule has 1 unspecified atom stereocenters. The third-order valence-corrected chi connectivity index (χ3v) is 4.40. The van der Waals surface area contributed by atoms with E-state index in [2.05, 4.69) is 25.2 Å². The lowest BCUT2D eigenvalue weighted by atomic mass is 9.78. The Bertz CT molecular complexity index is 290. The third kappa shape index (κ3) is 3.59. The van der Waals surface area contributed by atoms with Crippen LogP contribution in [0.4, 0.5) is 0 Å². The van der Waals surface area contributed by atoms with Crippen LogP contribution in [0.2, 0.25) is 0 Å². The van der Waals surface area contributed by atoms with Gasteiger partial charge in [-0.15, -0.1) is 0 Å². The molecule has 1 saturated heterocycles. The summed E-state index contributed by atoms with van der Waals surface area (Å²) in [5.74, 6) is 0. The van der Waals surface area contributed by atoms with E-state index in [1.807, 2.05) is 0 Å². The first-order chi connectivity index (χ1) is 9.32. The fourth-order valence-electron chi connectivity index (χ4n) is 3.50. The Morgan fingerprint density at radius 2 is 2.11 bits per heavy atom. The van der Waals surface area contributed by atoms with Gasteiger partial charge >= 0.3 is 0 Å². The largest absolute Gasteiger partial charge is 0.381 e. The van der Waals surface area contributed by atoms with Gasteiger partial charge in [-0.1, -0.05) is 18.6 Å². The van der Waals surface area contributed by atoms with Crippen molar-refractivity contribution in [2.24, 2.45) is 0 Å². The fraction of sp³-hybridized carbons (Fsp3) is 0.875. The van der Waals surface area contributed by atoms with E-state index in [0.717, 1.165) is 39.2 Å². The van der Waals surface area contributed by atoms with Gasteiger partial charge in [0.15, 0.2) is 0 Å². The van der Waals surface area contributed by atoms with Crippen molar-refractivity contribution in [1.82, 2.24) is 5.32 Å². The van der Waals surface area contributed by atoms with E-state index in [9.17, 15) is 0 Å². The molecule has 0 aromatic carbocycles. The SMILES string of the molecule is CCNC(C1=CCCCC1)C1(OCC)CCOCC1. The zero-order valence-electron chi connectivity index (χ0n) is 12.5. The molecular formula is C16H29NO2. The molecule has 1 fully saturated rings. The number of hydrogen-bond acceptors (Lipinski definition) is 3. The number of allylic oxidation sites excluding steroid dienone is 1. The van der Waals surface area contributed by atoms with Crippen LogP contribution in [-0.2, 0) is 9.47 Å². The molecule has 1 aliphatic heterocycles. The maximum atomic E-state index is 6.26. The maximum Gasteiger partial charge on any atom is 0.0916 e. The number of ether oxygens (including phenoxy) is 2. The summed E-state index contributed by atoms with van der Waals surface area (Å²) in [5, 5.41) is 3.70. The molecule has 0 aromatic heterocycles. The quantitative estimate of drug-likeness (QED) is 0.750. The molecule has 1 atom stereocenters.